The van der Waals surface area contributed by atoms with Gasteiger partial charge in [-0.05, 0) is 55.2 Å². The molecule has 8 nitrogen and oxygen atoms in total. The lowest BCUT2D eigenvalue weighted by Gasteiger charge is -2.31. The van der Waals surface area contributed by atoms with Gasteiger partial charge in [0.15, 0.2) is 0 Å². The first-order chi connectivity index (χ1) is 20.1. The molecule has 6 rings (SSSR count). The van der Waals surface area contributed by atoms with Crippen LogP contribution >= 0.6 is 23.1 Å². The lowest BCUT2D eigenvalue weighted by Crippen LogP contribution is -2.39. The predicted octanol–water partition coefficient (Wildman–Crippen LogP) is 4.75. The molecule has 3 aromatic rings. The first-order valence-corrected chi connectivity index (χ1v) is 15.1. The molecular weight excluding hydrogens is 591 g/mol. The number of halogens is 3. The Hall–Kier alpha value is -3.58. The van der Waals surface area contributed by atoms with Gasteiger partial charge in [-0.15, -0.1) is 0 Å². The van der Waals surface area contributed by atoms with E-state index < -0.39 is 40.6 Å². The number of imide groups is 1. The second kappa shape index (κ2) is 10.9. The van der Waals surface area contributed by atoms with Crippen molar-refractivity contribution in [2.75, 3.05) is 25.1 Å². The second-order valence-electron chi connectivity index (χ2n) is 10.4. The number of carbonyl (C=O) groups excluding carboxylic acids is 3. The molecule has 3 aliphatic heterocycles. The molecule has 0 aliphatic carbocycles. The van der Waals surface area contributed by atoms with E-state index in [1.807, 2.05) is 0 Å². The molecule has 4 heterocycles. The highest BCUT2D eigenvalue weighted by Gasteiger charge is 2.57. The maximum atomic E-state index is 13.9. The molecule has 3 atom stereocenters. The third kappa shape index (κ3) is 4.91. The quantitative estimate of drug-likeness (QED) is 0.385. The van der Waals surface area contributed by atoms with Crippen molar-refractivity contribution in [3.8, 4) is 5.75 Å². The van der Waals surface area contributed by atoms with E-state index in [0.717, 1.165) is 65.5 Å². The lowest BCUT2D eigenvalue weighted by atomic mass is 9.83. The first kappa shape index (κ1) is 28.5. The highest BCUT2D eigenvalue weighted by atomic mass is 32.2. The Morgan fingerprint density at radius 2 is 1.71 bits per heavy atom. The van der Waals surface area contributed by atoms with Gasteiger partial charge in [0, 0.05) is 23.9 Å². The summed E-state index contributed by atoms with van der Waals surface area (Å²) in [5.41, 5.74) is -0.488. The Kier molecular flexibility index (Phi) is 7.42. The number of aromatic nitrogens is 1. The molecule has 2 fully saturated rings. The summed E-state index contributed by atoms with van der Waals surface area (Å²) in [6, 6.07) is 11.1. The number of carbonyl (C=O) groups is 3. The Labute approximate surface area is 247 Å². The number of anilines is 1. The van der Waals surface area contributed by atoms with Gasteiger partial charge in [-0.3, -0.25) is 23.7 Å². The minimum absolute atomic E-state index is 0.163. The molecule has 0 N–H and O–H groups in total. The summed E-state index contributed by atoms with van der Waals surface area (Å²) in [4.78, 5) is 56.9. The number of alkyl halides is 3. The molecule has 2 saturated heterocycles. The van der Waals surface area contributed by atoms with Crippen LogP contribution in [-0.4, -0.2) is 52.6 Å². The van der Waals surface area contributed by atoms with Gasteiger partial charge in [0.05, 0.1) is 29.3 Å². The number of likely N-dealkylation sites (tertiary alicyclic amines) is 1. The average Bonchev–Trinajstić information content (AvgIpc) is 3.43. The number of nitrogens with zero attached hydrogens (tertiary/aromatic N) is 3. The van der Waals surface area contributed by atoms with Gasteiger partial charge < -0.3 is 9.64 Å². The summed E-state index contributed by atoms with van der Waals surface area (Å²) in [6.45, 7) is 1.04. The Morgan fingerprint density at radius 1 is 1.00 bits per heavy atom. The van der Waals surface area contributed by atoms with Crippen LogP contribution in [-0.2, 0) is 27.1 Å². The molecule has 1 aromatic heterocycles. The zero-order chi connectivity index (χ0) is 29.8. The van der Waals surface area contributed by atoms with Crippen molar-refractivity contribution in [1.82, 2.24) is 9.47 Å². The molecule has 13 heteroatoms. The molecule has 42 heavy (non-hydrogen) atoms. The topological polar surface area (TPSA) is 88.9 Å². The van der Waals surface area contributed by atoms with Gasteiger partial charge in [0.2, 0.25) is 17.7 Å². The minimum Gasteiger partial charge on any atom is -0.497 e. The van der Waals surface area contributed by atoms with E-state index in [1.165, 1.54) is 17.7 Å². The normalized spacial score (nSPS) is 22.2. The van der Waals surface area contributed by atoms with Crippen molar-refractivity contribution >= 4 is 46.5 Å². The average molecular weight is 618 g/mol. The van der Waals surface area contributed by atoms with Crippen LogP contribution in [0.25, 0.3) is 0 Å². The van der Waals surface area contributed by atoms with Crippen LogP contribution in [0.1, 0.15) is 41.2 Å². The van der Waals surface area contributed by atoms with Crippen LogP contribution in [0, 0.1) is 5.92 Å². The van der Waals surface area contributed by atoms with Gasteiger partial charge in [-0.1, -0.05) is 41.3 Å². The number of thiazole rings is 1. The molecule has 0 bridgehead atoms. The standard InChI is InChI=1S/C29H26F3N3O5S2/c1-40-19-10-8-16(9-11-19)21-22-23(26(38)35(25(22)37)18-7-5-6-17(14-18)29(30,31)32)41-27-24(21)42-28(39)34(27)15-20(36)33-12-3-2-4-13-33/h5-11,14,21-23H,2-4,12-13,15H2,1H3. The van der Waals surface area contributed by atoms with Crippen molar-refractivity contribution in [2.24, 2.45) is 5.92 Å². The van der Waals surface area contributed by atoms with Crippen molar-refractivity contribution in [1.29, 1.82) is 0 Å². The van der Waals surface area contributed by atoms with E-state index in [2.05, 4.69) is 0 Å². The van der Waals surface area contributed by atoms with Crippen molar-refractivity contribution in [3.05, 3.63) is 74.2 Å². The summed E-state index contributed by atoms with van der Waals surface area (Å²) in [6.07, 6.45) is -1.83. The molecule has 2 aromatic carbocycles. The number of fused-ring (bicyclic) bond motifs is 2. The van der Waals surface area contributed by atoms with Crippen LogP contribution in [0.4, 0.5) is 18.9 Å². The number of methoxy groups -OCH3 is 1. The number of ether oxygens (including phenoxy) is 1. The van der Waals surface area contributed by atoms with E-state index in [1.54, 1.807) is 29.2 Å². The lowest BCUT2D eigenvalue weighted by molar-refractivity contribution is -0.137. The summed E-state index contributed by atoms with van der Waals surface area (Å²) >= 11 is 1.96. The molecule has 220 valence electrons. The van der Waals surface area contributed by atoms with E-state index in [0.29, 0.717) is 34.3 Å². The van der Waals surface area contributed by atoms with Crippen molar-refractivity contribution in [2.45, 2.75) is 48.2 Å². The number of hydrogen-bond acceptors (Lipinski definition) is 7. The molecular formula is C29H26F3N3O5S2. The Balaban J connectivity index is 1.43. The number of thioether (sulfide) groups is 1. The van der Waals surface area contributed by atoms with Gasteiger partial charge >= 0.3 is 11.0 Å². The fourth-order valence-electron chi connectivity index (χ4n) is 5.88. The predicted molar refractivity (Wildman–Crippen MR) is 151 cm³/mol. The third-order valence-electron chi connectivity index (χ3n) is 7.96. The first-order valence-electron chi connectivity index (χ1n) is 13.5. The summed E-state index contributed by atoms with van der Waals surface area (Å²) in [5, 5.41) is -0.568. The smallest absolute Gasteiger partial charge is 0.416 e. The van der Waals surface area contributed by atoms with Crippen molar-refractivity contribution < 1.29 is 32.3 Å². The number of piperidine rings is 1. The molecule has 3 aliphatic rings. The van der Waals surface area contributed by atoms with Gasteiger partial charge in [0.25, 0.3) is 0 Å². The molecule has 3 unspecified atom stereocenters. The van der Waals surface area contributed by atoms with Crippen LogP contribution < -0.4 is 14.5 Å². The van der Waals surface area contributed by atoms with Crippen LogP contribution in [0.3, 0.4) is 0 Å². The third-order valence-corrected chi connectivity index (χ3v) is 10.6. The molecule has 0 radical (unpaired) electrons. The SMILES string of the molecule is COc1ccc(C2c3sc(=O)n(CC(=O)N4CCCCC4)c3SC3C(=O)N(c4cccc(C(F)(F)F)c4)C(=O)C32)cc1. The van der Waals surface area contributed by atoms with E-state index >= 15 is 0 Å². The zero-order valence-electron chi connectivity index (χ0n) is 22.4. The van der Waals surface area contributed by atoms with Crippen molar-refractivity contribution in [3.63, 3.8) is 0 Å². The number of benzene rings is 2. The Bertz CT molecular complexity index is 1610. The second-order valence-corrected chi connectivity index (χ2v) is 12.6. The highest BCUT2D eigenvalue weighted by Crippen LogP contribution is 2.54. The molecule has 0 saturated carbocycles. The van der Waals surface area contributed by atoms with Crippen LogP contribution in [0.2, 0.25) is 0 Å². The molecule has 0 spiro atoms. The largest absolute Gasteiger partial charge is 0.497 e. The maximum Gasteiger partial charge on any atom is 0.416 e. The zero-order valence-corrected chi connectivity index (χ0v) is 24.1. The highest BCUT2D eigenvalue weighted by molar-refractivity contribution is 8.00. The molecule has 3 amide bonds. The summed E-state index contributed by atoms with van der Waals surface area (Å²) in [7, 11) is 1.51. The Morgan fingerprint density at radius 3 is 2.38 bits per heavy atom. The fourth-order valence-corrected chi connectivity index (χ4v) is 8.65. The van der Waals surface area contributed by atoms with Crippen LogP contribution in [0.15, 0.2) is 58.4 Å². The van der Waals surface area contributed by atoms with E-state index in [9.17, 15) is 32.3 Å². The number of amides is 3. The summed E-state index contributed by atoms with van der Waals surface area (Å²) in [5.74, 6) is -2.62. The monoisotopic (exact) mass is 617 g/mol. The maximum absolute atomic E-state index is 13.9. The van der Waals surface area contributed by atoms with Gasteiger partial charge in [-0.25, -0.2) is 4.90 Å². The number of rotatable bonds is 5. The fraction of sp³-hybridized carbons (Fsp3) is 0.379. The summed E-state index contributed by atoms with van der Waals surface area (Å²) < 4.78 is 47.1. The number of hydrogen-bond donors (Lipinski definition) is 0. The van der Waals surface area contributed by atoms with Gasteiger partial charge in [-0.2, -0.15) is 13.2 Å². The minimum atomic E-state index is -4.66. The van der Waals surface area contributed by atoms with Crippen LogP contribution in [0.5, 0.6) is 5.75 Å². The van der Waals surface area contributed by atoms with Gasteiger partial charge in [0.1, 0.15) is 17.5 Å². The van der Waals surface area contributed by atoms with E-state index in [4.69, 9.17) is 4.74 Å². The van der Waals surface area contributed by atoms with E-state index in [-0.39, 0.29) is 23.0 Å².